The number of Topliss-reactive ketones (excluding diaryl/α,β-unsaturated/α-hetero) is 1. The number of carbonyl (C=O) groups is 3. The molecule has 1 saturated carbocycles. The van der Waals surface area contributed by atoms with E-state index in [1.165, 1.54) is 7.11 Å². The second kappa shape index (κ2) is 7.43. The Morgan fingerprint density at radius 1 is 1.29 bits per heavy atom. The molecule has 1 aliphatic carbocycles. The van der Waals surface area contributed by atoms with Gasteiger partial charge in [0.15, 0.2) is 0 Å². The number of ketones is 1. The van der Waals surface area contributed by atoms with Crippen molar-refractivity contribution in [3.63, 3.8) is 0 Å². The number of carbonyl (C=O) groups excluding carboxylic acids is 3. The lowest BCUT2D eigenvalue weighted by Crippen LogP contribution is -2.45. The second-order valence-electron chi connectivity index (χ2n) is 6.44. The SMILES string of the molecule is COC(=O)[C@H](CC1CCC(=O)CC1)NC(=O)OC(C)(C)C. The van der Waals surface area contributed by atoms with Crippen LogP contribution in [-0.4, -0.2) is 36.6 Å². The van der Waals surface area contributed by atoms with Gasteiger partial charge in [0.1, 0.15) is 17.4 Å². The molecule has 0 unspecified atom stereocenters. The summed E-state index contributed by atoms with van der Waals surface area (Å²) in [7, 11) is 1.29. The molecular formula is C15H25NO5. The first kappa shape index (κ1) is 17.5. The molecule has 120 valence electrons. The Hall–Kier alpha value is -1.59. The van der Waals surface area contributed by atoms with Crippen LogP contribution in [0.4, 0.5) is 4.79 Å². The molecule has 0 radical (unpaired) electrons. The highest BCUT2D eigenvalue weighted by atomic mass is 16.6. The number of esters is 1. The monoisotopic (exact) mass is 299 g/mol. The number of nitrogens with one attached hydrogen (secondary N) is 1. The fourth-order valence-electron chi connectivity index (χ4n) is 2.37. The van der Waals surface area contributed by atoms with E-state index in [1.54, 1.807) is 20.8 Å². The van der Waals surface area contributed by atoms with Crippen LogP contribution in [0.2, 0.25) is 0 Å². The van der Waals surface area contributed by atoms with E-state index >= 15 is 0 Å². The topological polar surface area (TPSA) is 81.7 Å². The van der Waals surface area contributed by atoms with E-state index < -0.39 is 23.7 Å². The Balaban J connectivity index is 2.57. The molecule has 0 aliphatic heterocycles. The van der Waals surface area contributed by atoms with Gasteiger partial charge in [0.2, 0.25) is 0 Å². The molecule has 21 heavy (non-hydrogen) atoms. The van der Waals surface area contributed by atoms with E-state index in [0.717, 1.165) is 12.8 Å². The summed E-state index contributed by atoms with van der Waals surface area (Å²) in [6.45, 7) is 5.27. The number of rotatable bonds is 4. The summed E-state index contributed by atoms with van der Waals surface area (Å²) in [4.78, 5) is 34.8. The molecule has 0 aromatic carbocycles. The summed E-state index contributed by atoms with van der Waals surface area (Å²) in [5.74, 6) is 0.0143. The van der Waals surface area contributed by atoms with Gasteiger partial charge in [0.05, 0.1) is 7.11 Å². The summed E-state index contributed by atoms with van der Waals surface area (Å²) in [6, 6.07) is -0.733. The van der Waals surface area contributed by atoms with Gasteiger partial charge in [-0.2, -0.15) is 0 Å². The van der Waals surface area contributed by atoms with Crippen LogP contribution in [0.3, 0.4) is 0 Å². The van der Waals surface area contributed by atoms with Gasteiger partial charge >= 0.3 is 12.1 Å². The normalized spacial score (nSPS) is 18.0. The number of methoxy groups -OCH3 is 1. The Bertz CT molecular complexity index is 389. The summed E-state index contributed by atoms with van der Waals surface area (Å²) < 4.78 is 9.89. The fourth-order valence-corrected chi connectivity index (χ4v) is 2.37. The number of amides is 1. The van der Waals surface area contributed by atoms with E-state index in [-0.39, 0.29) is 11.7 Å². The van der Waals surface area contributed by atoms with E-state index in [9.17, 15) is 14.4 Å². The number of hydrogen-bond donors (Lipinski definition) is 1. The number of alkyl carbamates (subject to hydrolysis) is 1. The van der Waals surface area contributed by atoms with Gasteiger partial charge in [-0.15, -0.1) is 0 Å². The van der Waals surface area contributed by atoms with Gasteiger partial charge in [-0.1, -0.05) is 0 Å². The van der Waals surface area contributed by atoms with Gasteiger partial charge in [0, 0.05) is 12.8 Å². The lowest BCUT2D eigenvalue weighted by atomic mass is 9.84. The second-order valence-corrected chi connectivity index (χ2v) is 6.44. The van der Waals surface area contributed by atoms with Crippen molar-refractivity contribution in [3.05, 3.63) is 0 Å². The zero-order valence-electron chi connectivity index (χ0n) is 13.2. The van der Waals surface area contributed by atoms with Crippen LogP contribution >= 0.6 is 0 Å². The summed E-state index contributed by atoms with van der Waals surface area (Å²) in [5, 5.41) is 2.56. The third kappa shape index (κ3) is 6.60. The van der Waals surface area contributed by atoms with Crippen LogP contribution in [0.5, 0.6) is 0 Å². The average molecular weight is 299 g/mol. The van der Waals surface area contributed by atoms with Crippen LogP contribution in [0.15, 0.2) is 0 Å². The van der Waals surface area contributed by atoms with Gasteiger partial charge in [0.25, 0.3) is 0 Å². The van der Waals surface area contributed by atoms with Gasteiger partial charge in [-0.25, -0.2) is 9.59 Å². The predicted molar refractivity (Wildman–Crippen MR) is 76.8 cm³/mol. The largest absolute Gasteiger partial charge is 0.467 e. The Morgan fingerprint density at radius 3 is 2.33 bits per heavy atom. The molecule has 0 aromatic rings. The minimum Gasteiger partial charge on any atom is -0.467 e. The highest BCUT2D eigenvalue weighted by Gasteiger charge is 2.29. The highest BCUT2D eigenvalue weighted by Crippen LogP contribution is 2.26. The lowest BCUT2D eigenvalue weighted by Gasteiger charge is -2.26. The van der Waals surface area contributed by atoms with Crippen molar-refractivity contribution in [1.82, 2.24) is 5.32 Å². The minimum atomic E-state index is -0.733. The predicted octanol–water partition coefficient (Wildman–Crippen LogP) is 2.20. The van der Waals surface area contributed by atoms with Gasteiger partial charge in [-0.05, 0) is 46.0 Å². The van der Waals surface area contributed by atoms with Crippen LogP contribution in [0, 0.1) is 5.92 Å². The Labute approximate surface area is 125 Å². The molecule has 0 heterocycles. The summed E-state index contributed by atoms with van der Waals surface area (Å²) >= 11 is 0. The first-order valence-corrected chi connectivity index (χ1v) is 7.30. The van der Waals surface area contributed by atoms with Crippen molar-refractivity contribution in [2.45, 2.75) is 64.5 Å². The molecule has 1 atom stereocenters. The average Bonchev–Trinajstić information content (AvgIpc) is 2.37. The van der Waals surface area contributed by atoms with E-state index in [4.69, 9.17) is 9.47 Å². The smallest absolute Gasteiger partial charge is 0.408 e. The van der Waals surface area contributed by atoms with Crippen LogP contribution < -0.4 is 5.32 Å². The maximum Gasteiger partial charge on any atom is 0.408 e. The highest BCUT2D eigenvalue weighted by molar-refractivity contribution is 5.81. The van der Waals surface area contributed by atoms with Crippen molar-refractivity contribution in [3.8, 4) is 0 Å². The van der Waals surface area contributed by atoms with Crippen molar-refractivity contribution >= 4 is 17.8 Å². The minimum absolute atomic E-state index is 0.238. The zero-order chi connectivity index (χ0) is 16.0. The Morgan fingerprint density at radius 2 is 1.86 bits per heavy atom. The van der Waals surface area contributed by atoms with Crippen LogP contribution in [0.1, 0.15) is 52.9 Å². The molecule has 6 nitrogen and oxygen atoms in total. The first-order valence-electron chi connectivity index (χ1n) is 7.30. The molecule has 0 bridgehead atoms. The maximum atomic E-state index is 11.8. The molecule has 0 saturated heterocycles. The van der Waals surface area contributed by atoms with Crippen LogP contribution in [0.25, 0.3) is 0 Å². The third-order valence-electron chi connectivity index (χ3n) is 3.41. The van der Waals surface area contributed by atoms with Crippen LogP contribution in [-0.2, 0) is 19.1 Å². The van der Waals surface area contributed by atoms with Crippen molar-refractivity contribution < 1.29 is 23.9 Å². The molecule has 1 amide bonds. The van der Waals surface area contributed by atoms with Crippen molar-refractivity contribution in [2.24, 2.45) is 5.92 Å². The molecule has 0 aromatic heterocycles. The first-order chi connectivity index (χ1) is 9.71. The maximum absolute atomic E-state index is 11.8. The Kier molecular flexibility index (Phi) is 6.18. The summed E-state index contributed by atoms with van der Waals surface area (Å²) in [5.41, 5.74) is -0.623. The van der Waals surface area contributed by atoms with Gasteiger partial charge in [-0.3, -0.25) is 4.79 Å². The zero-order valence-corrected chi connectivity index (χ0v) is 13.2. The summed E-state index contributed by atoms with van der Waals surface area (Å²) in [6.07, 6.45) is 2.43. The number of hydrogen-bond acceptors (Lipinski definition) is 5. The lowest BCUT2D eigenvalue weighted by molar-refractivity contribution is -0.143. The molecule has 1 rings (SSSR count). The quantitative estimate of drug-likeness (QED) is 0.805. The molecule has 0 spiro atoms. The third-order valence-corrected chi connectivity index (χ3v) is 3.41. The molecular weight excluding hydrogens is 274 g/mol. The molecule has 1 fully saturated rings. The van der Waals surface area contributed by atoms with E-state index in [2.05, 4.69) is 5.32 Å². The van der Waals surface area contributed by atoms with Crippen molar-refractivity contribution in [1.29, 1.82) is 0 Å². The van der Waals surface area contributed by atoms with Gasteiger partial charge < -0.3 is 14.8 Å². The number of ether oxygens (including phenoxy) is 2. The van der Waals surface area contributed by atoms with Crippen molar-refractivity contribution in [2.75, 3.05) is 7.11 Å². The molecule has 1 aliphatic rings. The molecule has 1 N–H and O–H groups in total. The molecule has 6 heteroatoms. The fraction of sp³-hybridized carbons (Fsp3) is 0.800. The van der Waals surface area contributed by atoms with E-state index in [1.807, 2.05) is 0 Å². The van der Waals surface area contributed by atoms with E-state index in [0.29, 0.717) is 19.3 Å². The standard InChI is InChI=1S/C15H25NO5/c1-15(2,3)21-14(19)16-12(13(18)20-4)9-10-5-7-11(17)8-6-10/h10,12H,5-9H2,1-4H3,(H,16,19)/t12-/m0/s1.